The molecule has 0 amide bonds. The number of anilines is 1. The summed E-state index contributed by atoms with van der Waals surface area (Å²) in [4.78, 5) is 23.3. The lowest BCUT2D eigenvalue weighted by Crippen LogP contribution is -2.12. The zero-order chi connectivity index (χ0) is 20.6. The first kappa shape index (κ1) is 19.9. The molecule has 0 bridgehead atoms. The van der Waals surface area contributed by atoms with Gasteiger partial charge in [0.05, 0.1) is 10.2 Å². The van der Waals surface area contributed by atoms with Gasteiger partial charge in [-0.25, -0.2) is 4.98 Å². The first-order valence-electron chi connectivity index (χ1n) is 9.28. The van der Waals surface area contributed by atoms with Crippen LogP contribution in [0.3, 0.4) is 0 Å². The summed E-state index contributed by atoms with van der Waals surface area (Å²) in [5.74, 6) is 0.417. The molecule has 0 spiro atoms. The number of fused-ring (bicyclic) bond motifs is 1. The first-order valence-corrected chi connectivity index (χ1v) is 11.7. The van der Waals surface area contributed by atoms with Gasteiger partial charge in [0.25, 0.3) is 0 Å². The highest BCUT2D eigenvalue weighted by molar-refractivity contribution is 7.59. The molecular formula is C21H21N2O4PS. The van der Waals surface area contributed by atoms with E-state index in [2.05, 4.69) is 25.2 Å². The summed E-state index contributed by atoms with van der Waals surface area (Å²) in [6, 6.07) is 17.0. The largest absolute Gasteiger partial charge is 0.448 e. The number of thiazole rings is 1. The van der Waals surface area contributed by atoms with Crippen LogP contribution in [0.4, 0.5) is 5.13 Å². The number of hydrogen-bond acceptors (Lipinski definition) is 5. The third-order valence-corrected chi connectivity index (χ3v) is 6.58. The predicted molar refractivity (Wildman–Crippen MR) is 118 cm³/mol. The van der Waals surface area contributed by atoms with Gasteiger partial charge in [-0.1, -0.05) is 48.6 Å². The van der Waals surface area contributed by atoms with Crippen LogP contribution in [0.1, 0.15) is 20.3 Å². The van der Waals surface area contributed by atoms with Gasteiger partial charge < -0.3 is 19.5 Å². The molecule has 2 aromatic heterocycles. The first-order chi connectivity index (χ1) is 13.8. The van der Waals surface area contributed by atoms with Crippen LogP contribution < -0.4 is 10.8 Å². The number of nitrogens with one attached hydrogen (secondary N) is 1. The Balaban J connectivity index is 1.74. The lowest BCUT2D eigenvalue weighted by Gasteiger charge is -2.08. The summed E-state index contributed by atoms with van der Waals surface area (Å²) >= 11 is 1.62. The van der Waals surface area contributed by atoms with E-state index in [9.17, 15) is 14.4 Å². The number of aromatic nitrogens is 1. The maximum absolute atomic E-state index is 11.4. The van der Waals surface area contributed by atoms with E-state index in [0.717, 1.165) is 38.5 Å². The number of benzene rings is 2. The highest BCUT2D eigenvalue weighted by atomic mass is 32.1. The topological polar surface area (TPSA) is 95.6 Å². The molecule has 6 nitrogen and oxygen atoms in total. The Morgan fingerprint density at radius 2 is 1.90 bits per heavy atom. The van der Waals surface area contributed by atoms with Crippen LogP contribution in [-0.2, 0) is 4.57 Å². The molecule has 0 fully saturated rings. The van der Waals surface area contributed by atoms with Crippen LogP contribution in [-0.4, -0.2) is 20.8 Å². The fourth-order valence-electron chi connectivity index (χ4n) is 3.03. The number of rotatable bonds is 6. The number of nitrogens with zero attached hydrogens (tertiary/aromatic N) is 1. The quantitative estimate of drug-likeness (QED) is 0.364. The Kier molecular flexibility index (Phi) is 5.32. The lowest BCUT2D eigenvalue weighted by molar-refractivity contribution is 0.377. The van der Waals surface area contributed by atoms with Gasteiger partial charge in [0.2, 0.25) is 5.50 Å². The van der Waals surface area contributed by atoms with Crippen molar-refractivity contribution in [3.8, 4) is 22.5 Å². The van der Waals surface area contributed by atoms with Crippen molar-refractivity contribution in [2.75, 3.05) is 5.32 Å². The van der Waals surface area contributed by atoms with Gasteiger partial charge in [-0.05, 0) is 43.2 Å². The Morgan fingerprint density at radius 1 is 1.14 bits per heavy atom. The van der Waals surface area contributed by atoms with Crippen molar-refractivity contribution in [3.63, 3.8) is 0 Å². The molecule has 4 rings (SSSR count). The summed E-state index contributed by atoms with van der Waals surface area (Å²) in [5.41, 5.74) is 3.40. The van der Waals surface area contributed by atoms with Gasteiger partial charge in [-0.3, -0.25) is 4.57 Å². The highest BCUT2D eigenvalue weighted by Crippen LogP contribution is 2.38. The van der Waals surface area contributed by atoms with E-state index in [1.807, 2.05) is 36.4 Å². The zero-order valence-corrected chi connectivity index (χ0v) is 17.7. The molecule has 0 unspecified atom stereocenters. The zero-order valence-electron chi connectivity index (χ0n) is 16.0. The van der Waals surface area contributed by atoms with Crippen LogP contribution in [0, 0.1) is 0 Å². The summed E-state index contributed by atoms with van der Waals surface area (Å²) < 4.78 is 17.9. The molecule has 0 saturated carbocycles. The molecule has 3 N–H and O–H groups in total. The maximum atomic E-state index is 11.4. The normalized spacial score (nSPS) is 13.0. The molecule has 0 saturated heterocycles. The van der Waals surface area contributed by atoms with Crippen molar-refractivity contribution >= 4 is 39.8 Å². The predicted octanol–water partition coefficient (Wildman–Crippen LogP) is 5.24. The average molecular weight is 428 g/mol. The van der Waals surface area contributed by atoms with Crippen molar-refractivity contribution in [2.24, 2.45) is 0 Å². The standard InChI is InChI=1S/C21H21N2O4PS/c1-3-13(2)22-21-23-17-9-5-8-16(20(17)29-21)14-6-4-7-15(12-14)18-10-11-19(27-18)28(24,25)26/h4-13H,3H2,1-2H3,(H,22,23)(H2,24,25,26)/t13-/m0/s1. The maximum Gasteiger partial charge on any atom is 0.391 e. The summed E-state index contributed by atoms with van der Waals surface area (Å²) in [6.45, 7) is 4.26. The Morgan fingerprint density at radius 3 is 2.62 bits per heavy atom. The monoisotopic (exact) mass is 428 g/mol. The molecule has 0 aliphatic rings. The van der Waals surface area contributed by atoms with Crippen LogP contribution in [0.15, 0.2) is 59.0 Å². The third-order valence-electron chi connectivity index (χ3n) is 4.73. The minimum absolute atomic E-state index is 0.330. The molecule has 0 aliphatic carbocycles. The minimum atomic E-state index is -4.41. The fraction of sp³-hybridized carbons (Fsp3) is 0.190. The minimum Gasteiger partial charge on any atom is -0.448 e. The fourth-order valence-corrected chi connectivity index (χ4v) is 4.63. The summed E-state index contributed by atoms with van der Waals surface area (Å²) in [7, 11) is -4.41. The van der Waals surface area contributed by atoms with E-state index in [4.69, 9.17) is 9.40 Å². The van der Waals surface area contributed by atoms with Crippen molar-refractivity contribution in [2.45, 2.75) is 26.3 Å². The van der Waals surface area contributed by atoms with Gasteiger partial charge in [0, 0.05) is 17.2 Å². The number of hydrogen-bond donors (Lipinski definition) is 3. The van der Waals surface area contributed by atoms with Crippen LogP contribution >= 0.6 is 18.9 Å². The van der Waals surface area contributed by atoms with E-state index in [-0.39, 0.29) is 5.50 Å². The molecule has 0 aliphatic heterocycles. The second-order valence-corrected chi connectivity index (χ2v) is 9.42. The Labute approximate surface area is 172 Å². The molecule has 1 atom stereocenters. The van der Waals surface area contributed by atoms with Gasteiger partial charge in [0.1, 0.15) is 5.76 Å². The molecule has 8 heteroatoms. The second-order valence-electron chi connectivity index (χ2n) is 6.89. The lowest BCUT2D eigenvalue weighted by atomic mass is 10.0. The van der Waals surface area contributed by atoms with Crippen molar-refractivity contribution in [1.29, 1.82) is 0 Å². The Hall–Kier alpha value is -2.44. The molecule has 4 aromatic rings. The van der Waals surface area contributed by atoms with E-state index in [1.54, 1.807) is 17.4 Å². The van der Waals surface area contributed by atoms with E-state index < -0.39 is 7.60 Å². The second kappa shape index (κ2) is 7.76. The van der Waals surface area contributed by atoms with Crippen LogP contribution in [0.2, 0.25) is 0 Å². The molecule has 29 heavy (non-hydrogen) atoms. The van der Waals surface area contributed by atoms with Crippen molar-refractivity contribution in [3.05, 3.63) is 54.6 Å². The van der Waals surface area contributed by atoms with Gasteiger partial charge in [0.15, 0.2) is 5.13 Å². The van der Waals surface area contributed by atoms with Crippen LogP contribution in [0.5, 0.6) is 0 Å². The van der Waals surface area contributed by atoms with E-state index in [0.29, 0.717) is 11.8 Å². The molecule has 2 aromatic carbocycles. The van der Waals surface area contributed by atoms with Gasteiger partial charge >= 0.3 is 7.60 Å². The van der Waals surface area contributed by atoms with Crippen LogP contribution in [0.25, 0.3) is 32.7 Å². The molecular weight excluding hydrogens is 407 g/mol. The average Bonchev–Trinajstić information content (AvgIpc) is 3.34. The summed E-state index contributed by atoms with van der Waals surface area (Å²) in [5, 5.41) is 4.33. The third kappa shape index (κ3) is 4.14. The molecule has 2 heterocycles. The van der Waals surface area contributed by atoms with E-state index in [1.165, 1.54) is 6.07 Å². The molecule has 150 valence electrons. The van der Waals surface area contributed by atoms with Crippen molar-refractivity contribution in [1.82, 2.24) is 4.98 Å². The van der Waals surface area contributed by atoms with E-state index >= 15 is 0 Å². The van der Waals surface area contributed by atoms with Gasteiger partial charge in [-0.15, -0.1) is 0 Å². The smallest absolute Gasteiger partial charge is 0.391 e. The highest BCUT2D eigenvalue weighted by Gasteiger charge is 2.22. The van der Waals surface area contributed by atoms with Crippen molar-refractivity contribution < 1.29 is 18.8 Å². The Bertz CT molecular complexity index is 1210. The summed E-state index contributed by atoms with van der Waals surface area (Å²) in [6.07, 6.45) is 1.02. The van der Waals surface area contributed by atoms with Gasteiger partial charge in [-0.2, -0.15) is 0 Å². The molecule has 0 radical (unpaired) electrons. The SMILES string of the molecule is CC[C@H](C)Nc1nc2cccc(-c3cccc(-c4ccc(P(=O)(O)O)o4)c3)c2s1. The number of furan rings is 1.